The molecule has 0 fully saturated rings. The largest absolute Gasteiger partial charge is 0.0860 e. The molecule has 0 heterocycles. The van der Waals surface area contributed by atoms with Crippen LogP contribution in [0.5, 0.6) is 0 Å². The molecule has 0 nitrogen and oxygen atoms in total. The molecule has 0 aliphatic carbocycles. The number of hydrogen-bond acceptors (Lipinski definition) is 0. The van der Waals surface area contributed by atoms with Crippen molar-refractivity contribution in [1.29, 1.82) is 0 Å². The van der Waals surface area contributed by atoms with E-state index in [0.29, 0.717) is 0 Å². The van der Waals surface area contributed by atoms with Gasteiger partial charge in [-0.25, -0.2) is 0 Å². The summed E-state index contributed by atoms with van der Waals surface area (Å²) in [7, 11) is 0. The summed E-state index contributed by atoms with van der Waals surface area (Å²) in [6.45, 7) is 0. The molecule has 76 valence electrons. The molecule has 0 saturated carbocycles. The van der Waals surface area contributed by atoms with Crippen molar-refractivity contribution in [2.45, 2.75) is 6.42 Å². The molecule has 2 rings (SSSR count). The van der Waals surface area contributed by atoms with Gasteiger partial charge in [-0.1, -0.05) is 77.2 Å². The maximum Gasteiger partial charge on any atom is 0.00360 e. The predicted molar refractivity (Wildman–Crippen MR) is 74.5 cm³/mol. The van der Waals surface area contributed by atoms with Gasteiger partial charge in [0, 0.05) is 4.43 Å². The molecule has 0 spiro atoms. The molecule has 2 aromatic rings. The van der Waals surface area contributed by atoms with Gasteiger partial charge in [0.15, 0.2) is 0 Å². The minimum absolute atomic E-state index is 1.14. The van der Waals surface area contributed by atoms with E-state index in [0.717, 1.165) is 6.42 Å². The van der Waals surface area contributed by atoms with Gasteiger partial charge >= 0.3 is 0 Å². The quantitative estimate of drug-likeness (QED) is 0.585. The van der Waals surface area contributed by atoms with Crippen molar-refractivity contribution in [2.75, 3.05) is 4.43 Å². The van der Waals surface area contributed by atoms with Crippen molar-refractivity contribution in [3.05, 3.63) is 60.2 Å². The number of hydrogen-bond donors (Lipinski definition) is 0. The van der Waals surface area contributed by atoms with Gasteiger partial charge in [0.25, 0.3) is 0 Å². The third-order valence-corrected chi connectivity index (χ3v) is 3.01. The Kier molecular flexibility index (Phi) is 3.78. The molecule has 0 amide bonds. The number of benzene rings is 2. The molecule has 15 heavy (non-hydrogen) atoms. The highest BCUT2D eigenvalue weighted by Gasteiger charge is 2.02. The molecule has 0 saturated heterocycles. The highest BCUT2D eigenvalue weighted by Crippen LogP contribution is 2.23. The van der Waals surface area contributed by atoms with Crippen LogP contribution in [0.3, 0.4) is 0 Å². The van der Waals surface area contributed by atoms with Gasteiger partial charge in [-0.2, -0.15) is 0 Å². The second-order valence-corrected chi connectivity index (χ2v) is 4.54. The molecule has 0 bridgehead atoms. The Balaban J connectivity index is 2.43. The predicted octanol–water partition coefficient (Wildman–Crippen LogP) is 4.33. The van der Waals surface area contributed by atoms with Crippen molar-refractivity contribution < 1.29 is 0 Å². The van der Waals surface area contributed by atoms with E-state index < -0.39 is 0 Å². The van der Waals surface area contributed by atoms with Crippen molar-refractivity contribution >= 4 is 22.6 Å². The van der Waals surface area contributed by atoms with Gasteiger partial charge in [0.1, 0.15) is 0 Å². The smallest absolute Gasteiger partial charge is 0.00360 e. The van der Waals surface area contributed by atoms with E-state index in [-0.39, 0.29) is 0 Å². The molecule has 0 aliphatic rings. The normalized spacial score (nSPS) is 10.2. The standard InChI is InChI=1S/C14H13I/c15-11-10-13-8-4-5-9-14(13)12-6-2-1-3-7-12/h1-9H,10-11H2. The zero-order valence-electron chi connectivity index (χ0n) is 8.49. The fourth-order valence-corrected chi connectivity index (χ4v) is 2.32. The van der Waals surface area contributed by atoms with Crippen molar-refractivity contribution in [3.8, 4) is 11.1 Å². The van der Waals surface area contributed by atoms with Gasteiger partial charge < -0.3 is 0 Å². The summed E-state index contributed by atoms with van der Waals surface area (Å²) in [5, 5.41) is 0. The Labute approximate surface area is 104 Å². The van der Waals surface area contributed by atoms with Crippen LogP contribution in [0.2, 0.25) is 0 Å². The Morgan fingerprint density at radius 2 is 1.47 bits per heavy atom. The lowest BCUT2D eigenvalue weighted by atomic mass is 9.98. The lowest BCUT2D eigenvalue weighted by Crippen LogP contribution is -1.90. The molecule has 0 aromatic heterocycles. The Hall–Kier alpha value is -0.830. The number of rotatable bonds is 3. The average molecular weight is 308 g/mol. The van der Waals surface area contributed by atoms with E-state index >= 15 is 0 Å². The fourth-order valence-electron chi connectivity index (χ4n) is 1.74. The lowest BCUT2D eigenvalue weighted by molar-refractivity contribution is 1.18. The molecular weight excluding hydrogens is 295 g/mol. The summed E-state index contributed by atoms with van der Waals surface area (Å²) in [6.07, 6.45) is 1.14. The van der Waals surface area contributed by atoms with Crippen LogP contribution in [0.15, 0.2) is 54.6 Å². The van der Waals surface area contributed by atoms with Crippen molar-refractivity contribution in [1.82, 2.24) is 0 Å². The summed E-state index contributed by atoms with van der Waals surface area (Å²) in [5.74, 6) is 0. The maximum atomic E-state index is 2.43. The summed E-state index contributed by atoms with van der Waals surface area (Å²) in [4.78, 5) is 0. The highest BCUT2D eigenvalue weighted by molar-refractivity contribution is 14.1. The number of alkyl halides is 1. The van der Waals surface area contributed by atoms with Gasteiger partial charge in [-0.3, -0.25) is 0 Å². The molecule has 0 aliphatic heterocycles. The summed E-state index contributed by atoms with van der Waals surface area (Å²) < 4.78 is 1.17. The SMILES string of the molecule is ICCc1ccccc1-c1ccccc1. The van der Waals surface area contributed by atoms with Crippen LogP contribution in [0.25, 0.3) is 11.1 Å². The molecular formula is C14H13I. The summed E-state index contributed by atoms with van der Waals surface area (Å²) in [6, 6.07) is 19.2. The third kappa shape index (κ3) is 2.59. The first-order valence-electron chi connectivity index (χ1n) is 5.11. The van der Waals surface area contributed by atoms with E-state index in [4.69, 9.17) is 0 Å². The Morgan fingerprint density at radius 3 is 2.20 bits per heavy atom. The maximum absolute atomic E-state index is 2.43. The summed E-state index contributed by atoms with van der Waals surface area (Å²) >= 11 is 2.43. The Morgan fingerprint density at radius 1 is 0.800 bits per heavy atom. The first-order chi connectivity index (χ1) is 7.42. The van der Waals surface area contributed by atoms with Crippen LogP contribution in [-0.2, 0) is 6.42 Å². The topological polar surface area (TPSA) is 0 Å². The van der Waals surface area contributed by atoms with Crippen LogP contribution in [0, 0.1) is 0 Å². The molecule has 2 aromatic carbocycles. The molecule has 0 radical (unpaired) electrons. The van der Waals surface area contributed by atoms with Crippen LogP contribution >= 0.6 is 22.6 Å². The van der Waals surface area contributed by atoms with Crippen LogP contribution in [0.1, 0.15) is 5.56 Å². The average Bonchev–Trinajstić information content (AvgIpc) is 2.31. The third-order valence-electron chi connectivity index (χ3n) is 2.47. The van der Waals surface area contributed by atoms with E-state index in [1.807, 2.05) is 0 Å². The molecule has 0 unspecified atom stereocenters. The van der Waals surface area contributed by atoms with Crippen LogP contribution in [-0.4, -0.2) is 4.43 Å². The van der Waals surface area contributed by atoms with Crippen LogP contribution in [0.4, 0.5) is 0 Å². The first-order valence-corrected chi connectivity index (χ1v) is 6.63. The van der Waals surface area contributed by atoms with E-state index in [2.05, 4.69) is 77.2 Å². The van der Waals surface area contributed by atoms with Crippen molar-refractivity contribution in [2.24, 2.45) is 0 Å². The van der Waals surface area contributed by atoms with Gasteiger partial charge in [-0.05, 0) is 23.1 Å². The number of aryl methyl sites for hydroxylation is 1. The highest BCUT2D eigenvalue weighted by atomic mass is 127. The Bertz CT molecular complexity index is 420. The van der Waals surface area contributed by atoms with Crippen LogP contribution < -0.4 is 0 Å². The van der Waals surface area contributed by atoms with Gasteiger partial charge in [-0.15, -0.1) is 0 Å². The molecule has 0 N–H and O–H groups in total. The molecule has 0 atom stereocenters. The van der Waals surface area contributed by atoms with Gasteiger partial charge in [0.2, 0.25) is 0 Å². The monoisotopic (exact) mass is 308 g/mol. The second-order valence-electron chi connectivity index (χ2n) is 3.46. The van der Waals surface area contributed by atoms with Crippen molar-refractivity contribution in [3.63, 3.8) is 0 Å². The lowest BCUT2D eigenvalue weighted by Gasteiger charge is -2.07. The fraction of sp³-hybridized carbons (Fsp3) is 0.143. The first kappa shape index (κ1) is 10.7. The van der Waals surface area contributed by atoms with E-state index in [1.54, 1.807) is 0 Å². The molecule has 1 heteroatoms. The number of halogens is 1. The summed E-state index contributed by atoms with van der Waals surface area (Å²) in [5.41, 5.74) is 4.13. The minimum atomic E-state index is 1.14. The minimum Gasteiger partial charge on any atom is -0.0860 e. The van der Waals surface area contributed by atoms with Gasteiger partial charge in [0.05, 0.1) is 0 Å². The van der Waals surface area contributed by atoms with E-state index in [1.165, 1.54) is 21.1 Å². The second kappa shape index (κ2) is 5.31. The zero-order valence-corrected chi connectivity index (χ0v) is 10.6. The zero-order chi connectivity index (χ0) is 10.5. The van der Waals surface area contributed by atoms with E-state index in [9.17, 15) is 0 Å².